The van der Waals surface area contributed by atoms with Crippen LogP contribution in [0.1, 0.15) is 30.9 Å². The standard InChI is InChI=1S/C28H28N2O2S/c1-2-21-12-16-25(17-13-21)32-18-6-9-27(31)29-19-22-10-14-24(15-11-22)28-30-26(20-33-28)23-7-4-3-5-8-23/h3-5,7-8,10-17,20H,2,6,9,18-19H2,1H3,(H,29,31). The first kappa shape index (κ1) is 22.7. The first-order chi connectivity index (χ1) is 16.2. The molecule has 0 saturated carbocycles. The molecule has 1 amide bonds. The zero-order chi connectivity index (χ0) is 22.9. The molecule has 1 N–H and O–H groups in total. The summed E-state index contributed by atoms with van der Waals surface area (Å²) in [6, 6.07) is 26.5. The second kappa shape index (κ2) is 11.4. The van der Waals surface area contributed by atoms with Gasteiger partial charge in [0.1, 0.15) is 10.8 Å². The van der Waals surface area contributed by atoms with Crippen molar-refractivity contribution in [2.24, 2.45) is 0 Å². The van der Waals surface area contributed by atoms with Gasteiger partial charge in [-0.15, -0.1) is 11.3 Å². The van der Waals surface area contributed by atoms with Crippen LogP contribution in [0.25, 0.3) is 21.8 Å². The van der Waals surface area contributed by atoms with Gasteiger partial charge >= 0.3 is 0 Å². The summed E-state index contributed by atoms with van der Waals surface area (Å²) in [5.41, 5.74) is 5.56. The maximum atomic E-state index is 12.2. The molecule has 0 unspecified atom stereocenters. The minimum Gasteiger partial charge on any atom is -0.494 e. The van der Waals surface area contributed by atoms with E-state index in [4.69, 9.17) is 9.72 Å². The Morgan fingerprint density at radius 2 is 1.64 bits per heavy atom. The fourth-order valence-corrected chi connectivity index (χ4v) is 4.28. The molecule has 0 saturated heterocycles. The third-order valence-electron chi connectivity index (χ3n) is 5.41. The highest BCUT2D eigenvalue weighted by atomic mass is 32.1. The van der Waals surface area contributed by atoms with Gasteiger partial charge in [0.05, 0.1) is 12.3 Å². The van der Waals surface area contributed by atoms with Crippen molar-refractivity contribution in [1.82, 2.24) is 10.3 Å². The first-order valence-corrected chi connectivity index (χ1v) is 12.2. The van der Waals surface area contributed by atoms with E-state index in [0.717, 1.165) is 39.6 Å². The van der Waals surface area contributed by atoms with Crippen LogP contribution in [0.5, 0.6) is 5.75 Å². The van der Waals surface area contributed by atoms with E-state index in [-0.39, 0.29) is 5.91 Å². The van der Waals surface area contributed by atoms with Gasteiger partial charge in [-0.05, 0) is 36.1 Å². The summed E-state index contributed by atoms with van der Waals surface area (Å²) in [5.74, 6) is 0.889. The summed E-state index contributed by atoms with van der Waals surface area (Å²) in [6.07, 6.45) is 2.16. The third kappa shape index (κ3) is 6.53. The number of nitrogens with zero attached hydrogens (tertiary/aromatic N) is 1. The van der Waals surface area contributed by atoms with Crippen LogP contribution >= 0.6 is 11.3 Å². The highest BCUT2D eigenvalue weighted by molar-refractivity contribution is 7.13. The van der Waals surface area contributed by atoms with Gasteiger partial charge < -0.3 is 10.1 Å². The van der Waals surface area contributed by atoms with Crippen molar-refractivity contribution in [1.29, 1.82) is 0 Å². The minimum absolute atomic E-state index is 0.0384. The lowest BCUT2D eigenvalue weighted by molar-refractivity contribution is -0.121. The number of aryl methyl sites for hydroxylation is 1. The number of rotatable bonds is 10. The van der Waals surface area contributed by atoms with E-state index < -0.39 is 0 Å². The van der Waals surface area contributed by atoms with Crippen LogP contribution in [-0.2, 0) is 17.8 Å². The number of ether oxygens (including phenoxy) is 1. The maximum Gasteiger partial charge on any atom is 0.220 e. The molecule has 0 atom stereocenters. The molecule has 4 aromatic rings. The van der Waals surface area contributed by atoms with Gasteiger partial charge in [-0.25, -0.2) is 4.98 Å². The zero-order valence-corrected chi connectivity index (χ0v) is 19.6. The monoisotopic (exact) mass is 456 g/mol. The highest BCUT2D eigenvalue weighted by Gasteiger charge is 2.07. The third-order valence-corrected chi connectivity index (χ3v) is 6.30. The molecule has 0 fully saturated rings. The second-order valence-corrected chi connectivity index (χ2v) is 8.69. The van der Waals surface area contributed by atoms with Crippen molar-refractivity contribution >= 4 is 17.2 Å². The van der Waals surface area contributed by atoms with Gasteiger partial charge in [-0.2, -0.15) is 0 Å². The van der Waals surface area contributed by atoms with E-state index in [9.17, 15) is 4.79 Å². The van der Waals surface area contributed by atoms with E-state index in [0.29, 0.717) is 26.0 Å². The average molecular weight is 457 g/mol. The Morgan fingerprint density at radius 1 is 0.909 bits per heavy atom. The Labute approximate surface area is 199 Å². The molecule has 33 heavy (non-hydrogen) atoms. The number of amides is 1. The van der Waals surface area contributed by atoms with Crippen LogP contribution in [0.15, 0.2) is 84.2 Å². The summed E-state index contributed by atoms with van der Waals surface area (Å²) in [4.78, 5) is 16.9. The summed E-state index contributed by atoms with van der Waals surface area (Å²) < 4.78 is 5.72. The topological polar surface area (TPSA) is 51.2 Å². The molecule has 0 aliphatic heterocycles. The molecule has 168 valence electrons. The molecule has 4 rings (SSSR count). The molecule has 1 aromatic heterocycles. The largest absolute Gasteiger partial charge is 0.494 e. The van der Waals surface area contributed by atoms with Crippen molar-refractivity contribution in [3.63, 3.8) is 0 Å². The Bertz CT molecular complexity index is 1150. The lowest BCUT2D eigenvalue weighted by atomic mass is 10.1. The van der Waals surface area contributed by atoms with Gasteiger partial charge in [0.25, 0.3) is 0 Å². The number of carbonyl (C=O) groups is 1. The molecule has 0 spiro atoms. The zero-order valence-electron chi connectivity index (χ0n) is 18.8. The number of hydrogen-bond acceptors (Lipinski definition) is 4. The van der Waals surface area contributed by atoms with Crippen molar-refractivity contribution in [3.8, 4) is 27.6 Å². The number of nitrogens with one attached hydrogen (secondary N) is 1. The van der Waals surface area contributed by atoms with E-state index in [1.807, 2.05) is 42.5 Å². The molecule has 5 heteroatoms. The van der Waals surface area contributed by atoms with Crippen LogP contribution in [-0.4, -0.2) is 17.5 Å². The summed E-state index contributed by atoms with van der Waals surface area (Å²) in [7, 11) is 0. The predicted molar refractivity (Wildman–Crippen MR) is 135 cm³/mol. The van der Waals surface area contributed by atoms with Crippen LogP contribution in [0.2, 0.25) is 0 Å². The lowest BCUT2D eigenvalue weighted by Gasteiger charge is -2.08. The molecule has 0 bridgehead atoms. The van der Waals surface area contributed by atoms with Crippen molar-refractivity contribution in [3.05, 3.63) is 95.4 Å². The molecule has 0 aliphatic rings. The Morgan fingerprint density at radius 3 is 2.36 bits per heavy atom. The summed E-state index contributed by atoms with van der Waals surface area (Å²) in [6.45, 7) is 3.18. The molecule has 1 heterocycles. The number of carbonyl (C=O) groups excluding carboxylic acids is 1. The van der Waals surface area contributed by atoms with Gasteiger partial charge in [0.2, 0.25) is 5.91 Å². The molecule has 0 aliphatic carbocycles. The molecule has 0 radical (unpaired) electrons. The van der Waals surface area contributed by atoms with E-state index >= 15 is 0 Å². The molecular formula is C28H28N2O2S. The fourth-order valence-electron chi connectivity index (χ4n) is 3.45. The Kier molecular flexibility index (Phi) is 7.88. The number of benzene rings is 3. The first-order valence-electron chi connectivity index (χ1n) is 11.3. The SMILES string of the molecule is CCc1ccc(OCCCC(=O)NCc2ccc(-c3nc(-c4ccccc4)cs3)cc2)cc1. The Hall–Kier alpha value is -3.44. The molecule has 3 aromatic carbocycles. The molecular weight excluding hydrogens is 428 g/mol. The van der Waals surface area contributed by atoms with E-state index in [1.54, 1.807) is 11.3 Å². The minimum atomic E-state index is 0.0384. The van der Waals surface area contributed by atoms with Crippen LogP contribution < -0.4 is 10.1 Å². The smallest absolute Gasteiger partial charge is 0.220 e. The number of aromatic nitrogens is 1. The number of hydrogen-bond donors (Lipinski definition) is 1. The quantitative estimate of drug-likeness (QED) is 0.277. The Balaban J connectivity index is 1.20. The van der Waals surface area contributed by atoms with Crippen LogP contribution in [0.4, 0.5) is 0 Å². The van der Waals surface area contributed by atoms with Crippen molar-refractivity contribution in [2.75, 3.05) is 6.61 Å². The summed E-state index contributed by atoms with van der Waals surface area (Å²) >= 11 is 1.64. The van der Waals surface area contributed by atoms with Crippen molar-refractivity contribution in [2.45, 2.75) is 32.7 Å². The van der Waals surface area contributed by atoms with Crippen LogP contribution in [0, 0.1) is 0 Å². The molecule has 4 nitrogen and oxygen atoms in total. The van der Waals surface area contributed by atoms with Gasteiger partial charge in [-0.1, -0.05) is 73.7 Å². The summed E-state index contributed by atoms with van der Waals surface area (Å²) in [5, 5.41) is 6.07. The predicted octanol–water partition coefficient (Wildman–Crippen LogP) is 6.51. The second-order valence-electron chi connectivity index (χ2n) is 7.83. The highest BCUT2D eigenvalue weighted by Crippen LogP contribution is 2.28. The fraction of sp³-hybridized carbons (Fsp3) is 0.214. The van der Waals surface area contributed by atoms with Gasteiger partial charge in [-0.3, -0.25) is 4.79 Å². The van der Waals surface area contributed by atoms with E-state index in [1.165, 1.54) is 5.56 Å². The average Bonchev–Trinajstić information content (AvgIpc) is 3.37. The normalized spacial score (nSPS) is 10.7. The van der Waals surface area contributed by atoms with Gasteiger partial charge in [0, 0.05) is 29.5 Å². The lowest BCUT2D eigenvalue weighted by Crippen LogP contribution is -2.22. The van der Waals surface area contributed by atoms with Gasteiger partial charge in [0.15, 0.2) is 0 Å². The van der Waals surface area contributed by atoms with Crippen LogP contribution in [0.3, 0.4) is 0 Å². The van der Waals surface area contributed by atoms with E-state index in [2.05, 4.69) is 54.0 Å². The number of thiazole rings is 1. The van der Waals surface area contributed by atoms with Crippen molar-refractivity contribution < 1.29 is 9.53 Å². The maximum absolute atomic E-state index is 12.2.